The molecule has 0 spiro atoms. The van der Waals surface area contributed by atoms with Crippen LogP contribution in [0.25, 0.3) is 5.82 Å². The Hall–Kier alpha value is -1.36. The van der Waals surface area contributed by atoms with Gasteiger partial charge in [-0.25, -0.2) is 9.67 Å². The highest BCUT2D eigenvalue weighted by molar-refractivity contribution is 9.10. The molecule has 1 fully saturated rings. The van der Waals surface area contributed by atoms with Crippen molar-refractivity contribution in [2.24, 2.45) is 0 Å². The van der Waals surface area contributed by atoms with E-state index in [-0.39, 0.29) is 5.56 Å². The largest absolute Gasteiger partial charge is 0.292 e. The predicted octanol–water partition coefficient (Wildman–Crippen LogP) is 2.51. The first-order chi connectivity index (χ1) is 8.16. The number of nitrogens with one attached hydrogen (secondary N) is 1. The maximum atomic E-state index is 12.1. The van der Waals surface area contributed by atoms with Gasteiger partial charge in [-0.15, -0.1) is 0 Å². The molecule has 0 bridgehead atoms. The highest BCUT2D eigenvalue weighted by Gasteiger charge is 2.29. The number of H-pyrrole nitrogens is 1. The average Bonchev–Trinajstić information content (AvgIpc) is 3.09. The SMILES string of the molecule is Cc1ccnc(-n2[nH]c(C3CC3)c(Br)c2=O)c1. The summed E-state index contributed by atoms with van der Waals surface area (Å²) in [6.07, 6.45) is 4.02. The van der Waals surface area contributed by atoms with Gasteiger partial charge in [-0.3, -0.25) is 9.89 Å². The first-order valence-corrected chi connectivity index (χ1v) is 6.39. The number of aryl methyl sites for hydroxylation is 1. The Morgan fingerprint density at radius 1 is 1.53 bits per heavy atom. The number of pyridine rings is 1. The van der Waals surface area contributed by atoms with E-state index in [0.29, 0.717) is 16.2 Å². The molecule has 4 nitrogen and oxygen atoms in total. The lowest BCUT2D eigenvalue weighted by Crippen LogP contribution is -2.15. The lowest BCUT2D eigenvalue weighted by atomic mass is 10.3. The molecule has 2 heterocycles. The van der Waals surface area contributed by atoms with Crippen LogP contribution in [0, 0.1) is 6.92 Å². The van der Waals surface area contributed by atoms with Gasteiger partial charge in [-0.1, -0.05) is 0 Å². The van der Waals surface area contributed by atoms with Gasteiger partial charge in [0.15, 0.2) is 5.82 Å². The van der Waals surface area contributed by atoms with Crippen molar-refractivity contribution < 1.29 is 0 Å². The van der Waals surface area contributed by atoms with E-state index in [1.54, 1.807) is 6.20 Å². The van der Waals surface area contributed by atoms with E-state index in [9.17, 15) is 4.79 Å². The highest BCUT2D eigenvalue weighted by Crippen LogP contribution is 2.41. The molecule has 5 heteroatoms. The van der Waals surface area contributed by atoms with E-state index in [2.05, 4.69) is 26.0 Å². The first kappa shape index (κ1) is 10.8. The molecule has 0 atom stereocenters. The smallest absolute Gasteiger partial charge is 0.287 e. The van der Waals surface area contributed by atoms with Crippen molar-refractivity contribution in [3.05, 3.63) is 44.4 Å². The highest BCUT2D eigenvalue weighted by atomic mass is 79.9. The molecule has 2 aromatic heterocycles. The Kier molecular flexibility index (Phi) is 2.43. The second-order valence-corrected chi connectivity index (χ2v) is 5.24. The van der Waals surface area contributed by atoms with Gasteiger partial charge in [0.2, 0.25) is 0 Å². The van der Waals surface area contributed by atoms with Crippen molar-refractivity contribution in [2.75, 3.05) is 0 Å². The van der Waals surface area contributed by atoms with Crippen molar-refractivity contribution in [3.8, 4) is 5.82 Å². The van der Waals surface area contributed by atoms with E-state index in [1.165, 1.54) is 4.68 Å². The van der Waals surface area contributed by atoms with E-state index >= 15 is 0 Å². The number of halogens is 1. The average molecular weight is 294 g/mol. The Labute approximate surface area is 107 Å². The Bertz CT molecular complexity index is 625. The summed E-state index contributed by atoms with van der Waals surface area (Å²) < 4.78 is 2.15. The zero-order chi connectivity index (χ0) is 12.0. The van der Waals surface area contributed by atoms with Crippen LogP contribution in [0.3, 0.4) is 0 Å². The minimum Gasteiger partial charge on any atom is -0.292 e. The third-order valence-corrected chi connectivity index (χ3v) is 3.74. The molecule has 0 aromatic carbocycles. The predicted molar refractivity (Wildman–Crippen MR) is 68.6 cm³/mol. The summed E-state index contributed by atoms with van der Waals surface area (Å²) in [5, 5.41) is 3.15. The van der Waals surface area contributed by atoms with Gasteiger partial charge in [-0.2, -0.15) is 0 Å². The molecular weight excluding hydrogens is 282 g/mol. The number of rotatable bonds is 2. The molecule has 0 amide bonds. The number of aromatic nitrogens is 3. The molecule has 1 saturated carbocycles. The Morgan fingerprint density at radius 2 is 2.29 bits per heavy atom. The fraction of sp³-hybridized carbons (Fsp3) is 0.333. The summed E-state index contributed by atoms with van der Waals surface area (Å²) in [4.78, 5) is 16.3. The van der Waals surface area contributed by atoms with Crippen LogP contribution in [0.1, 0.15) is 30.0 Å². The van der Waals surface area contributed by atoms with E-state index in [1.807, 2.05) is 19.1 Å². The van der Waals surface area contributed by atoms with Gasteiger partial charge in [0.25, 0.3) is 5.56 Å². The number of nitrogens with zero attached hydrogens (tertiary/aromatic N) is 2. The molecule has 1 aliphatic carbocycles. The van der Waals surface area contributed by atoms with Gasteiger partial charge in [0.05, 0.1) is 5.69 Å². The van der Waals surface area contributed by atoms with Crippen molar-refractivity contribution >= 4 is 15.9 Å². The van der Waals surface area contributed by atoms with Gasteiger partial charge < -0.3 is 0 Å². The van der Waals surface area contributed by atoms with Crippen LogP contribution in [0.15, 0.2) is 27.6 Å². The summed E-state index contributed by atoms with van der Waals surface area (Å²) in [6.45, 7) is 1.98. The summed E-state index contributed by atoms with van der Waals surface area (Å²) in [7, 11) is 0. The maximum Gasteiger partial charge on any atom is 0.287 e. The van der Waals surface area contributed by atoms with Crippen LogP contribution < -0.4 is 5.56 Å². The van der Waals surface area contributed by atoms with E-state index in [0.717, 1.165) is 24.1 Å². The third kappa shape index (κ3) is 1.84. The van der Waals surface area contributed by atoms with Crippen LogP contribution in [0.2, 0.25) is 0 Å². The molecule has 17 heavy (non-hydrogen) atoms. The summed E-state index contributed by atoms with van der Waals surface area (Å²) in [5.74, 6) is 1.14. The first-order valence-electron chi connectivity index (χ1n) is 5.60. The summed E-state index contributed by atoms with van der Waals surface area (Å²) in [6, 6.07) is 3.80. The van der Waals surface area contributed by atoms with Crippen LogP contribution >= 0.6 is 15.9 Å². The zero-order valence-electron chi connectivity index (χ0n) is 9.40. The van der Waals surface area contributed by atoms with Crippen LogP contribution in [0.4, 0.5) is 0 Å². The van der Waals surface area contributed by atoms with Crippen molar-refractivity contribution in [3.63, 3.8) is 0 Å². The van der Waals surface area contributed by atoms with Crippen molar-refractivity contribution in [2.45, 2.75) is 25.7 Å². The normalized spacial score (nSPS) is 15.2. The molecule has 0 unspecified atom stereocenters. The topological polar surface area (TPSA) is 50.7 Å². The zero-order valence-corrected chi connectivity index (χ0v) is 11.0. The fourth-order valence-electron chi connectivity index (χ4n) is 1.88. The molecule has 0 aliphatic heterocycles. The second kappa shape index (κ2) is 3.84. The molecule has 1 N–H and O–H groups in total. The number of hydrogen-bond donors (Lipinski definition) is 1. The van der Waals surface area contributed by atoms with Gasteiger partial charge in [-0.05, 0) is 53.4 Å². The van der Waals surface area contributed by atoms with Gasteiger partial charge in [0, 0.05) is 12.1 Å². The Balaban J connectivity index is 2.15. The summed E-state index contributed by atoms with van der Waals surface area (Å²) in [5.41, 5.74) is 2.02. The second-order valence-electron chi connectivity index (χ2n) is 4.45. The van der Waals surface area contributed by atoms with Gasteiger partial charge in [0.1, 0.15) is 4.47 Å². The minimum atomic E-state index is -0.0648. The van der Waals surface area contributed by atoms with Crippen molar-refractivity contribution in [1.82, 2.24) is 14.8 Å². The number of aromatic amines is 1. The monoisotopic (exact) mass is 293 g/mol. The lowest BCUT2D eigenvalue weighted by molar-refractivity contribution is 0.791. The van der Waals surface area contributed by atoms with Crippen LogP contribution in [-0.2, 0) is 0 Å². The van der Waals surface area contributed by atoms with Crippen LogP contribution in [0.5, 0.6) is 0 Å². The molecule has 88 valence electrons. The standard InChI is InChI=1S/C12H12BrN3O/c1-7-4-5-14-9(6-7)16-12(17)10(13)11(15-16)8-2-3-8/h4-6,8,15H,2-3H2,1H3. The number of hydrogen-bond acceptors (Lipinski definition) is 2. The van der Waals surface area contributed by atoms with E-state index < -0.39 is 0 Å². The van der Waals surface area contributed by atoms with Crippen molar-refractivity contribution in [1.29, 1.82) is 0 Å². The third-order valence-electron chi connectivity index (χ3n) is 2.98. The quantitative estimate of drug-likeness (QED) is 0.925. The molecule has 0 saturated heterocycles. The maximum absolute atomic E-state index is 12.1. The molecule has 2 aromatic rings. The van der Waals surface area contributed by atoms with E-state index in [4.69, 9.17) is 0 Å². The van der Waals surface area contributed by atoms with Gasteiger partial charge >= 0.3 is 0 Å². The van der Waals surface area contributed by atoms with Crippen LogP contribution in [-0.4, -0.2) is 14.8 Å². The lowest BCUT2D eigenvalue weighted by Gasteiger charge is -2.01. The summed E-state index contributed by atoms with van der Waals surface area (Å²) >= 11 is 3.37. The molecule has 3 rings (SSSR count). The molecule has 0 radical (unpaired) electrons. The minimum absolute atomic E-state index is 0.0648. The molecule has 1 aliphatic rings. The Morgan fingerprint density at radius 3 is 2.94 bits per heavy atom. The fourth-order valence-corrected chi connectivity index (χ4v) is 2.47. The molecular formula is C12H12BrN3O.